The molecule has 0 fully saturated rings. The van der Waals surface area contributed by atoms with Gasteiger partial charge in [-0.3, -0.25) is 0 Å². The summed E-state index contributed by atoms with van der Waals surface area (Å²) < 4.78 is 8.24. The average Bonchev–Trinajstić information content (AvgIpc) is 2.80. The normalized spacial score (nSPS) is 13.2. The molecular formula is C17H19NO. The van der Waals surface area contributed by atoms with Crippen molar-refractivity contribution in [1.29, 1.82) is 0 Å². The maximum atomic E-state index is 5.91. The molecule has 98 valence electrons. The number of nitrogens with zero attached hydrogens (tertiary/aromatic N) is 1. The number of aromatic nitrogens is 1. The van der Waals surface area contributed by atoms with Crippen molar-refractivity contribution in [3.63, 3.8) is 0 Å². The summed E-state index contributed by atoms with van der Waals surface area (Å²) >= 11 is 0. The van der Waals surface area contributed by atoms with Gasteiger partial charge < -0.3 is 9.30 Å². The highest BCUT2D eigenvalue weighted by Crippen LogP contribution is 2.32. The van der Waals surface area contributed by atoms with Crippen molar-refractivity contribution in [2.75, 3.05) is 6.61 Å². The number of hydrogen-bond donors (Lipinski definition) is 0. The van der Waals surface area contributed by atoms with Crippen LogP contribution in [0.5, 0.6) is 0 Å². The fraction of sp³-hybridized carbons (Fsp3) is 0.294. The quantitative estimate of drug-likeness (QED) is 0.655. The van der Waals surface area contributed by atoms with Gasteiger partial charge in [-0.1, -0.05) is 43.3 Å². The third-order valence-electron chi connectivity index (χ3n) is 3.61. The second kappa shape index (κ2) is 5.06. The Labute approximate surface area is 113 Å². The number of benzene rings is 2. The third kappa shape index (κ3) is 1.92. The summed E-state index contributed by atoms with van der Waals surface area (Å²) in [6, 6.07) is 17.1. The van der Waals surface area contributed by atoms with Gasteiger partial charge in [0, 0.05) is 17.4 Å². The highest BCUT2D eigenvalue weighted by molar-refractivity contribution is 6.08. The number of fused-ring (bicyclic) bond motifs is 3. The zero-order valence-electron chi connectivity index (χ0n) is 11.5. The van der Waals surface area contributed by atoms with Crippen LogP contribution in [-0.4, -0.2) is 11.2 Å². The minimum Gasteiger partial charge on any atom is -0.358 e. The van der Waals surface area contributed by atoms with Crippen molar-refractivity contribution < 1.29 is 4.74 Å². The highest BCUT2D eigenvalue weighted by Gasteiger charge is 2.16. The number of ether oxygens (including phenoxy) is 1. The second-order valence-electron chi connectivity index (χ2n) is 4.72. The lowest BCUT2D eigenvalue weighted by Crippen LogP contribution is -2.11. The molecule has 0 N–H and O–H groups in total. The molecule has 1 aromatic heterocycles. The molecule has 0 amide bonds. The Balaban J connectivity index is 2.35. The largest absolute Gasteiger partial charge is 0.358 e. The first-order chi connectivity index (χ1) is 9.36. The van der Waals surface area contributed by atoms with Crippen LogP contribution in [0.25, 0.3) is 21.8 Å². The van der Waals surface area contributed by atoms with E-state index in [4.69, 9.17) is 4.74 Å². The SMILES string of the molecule is CCO[C@@H](CC)n1c2ccccc2c2ccccc21. The molecule has 0 spiro atoms. The molecule has 0 aliphatic heterocycles. The fourth-order valence-electron chi connectivity index (χ4n) is 2.83. The minimum absolute atomic E-state index is 0.106. The topological polar surface area (TPSA) is 14.2 Å². The van der Waals surface area contributed by atoms with E-state index in [1.807, 2.05) is 0 Å². The summed E-state index contributed by atoms with van der Waals surface area (Å²) in [5, 5.41) is 2.60. The van der Waals surface area contributed by atoms with Gasteiger partial charge in [-0.25, -0.2) is 0 Å². The van der Waals surface area contributed by atoms with E-state index >= 15 is 0 Å². The first kappa shape index (κ1) is 12.2. The van der Waals surface area contributed by atoms with Gasteiger partial charge in [0.25, 0.3) is 0 Å². The predicted octanol–water partition coefficient (Wildman–Crippen LogP) is 4.74. The summed E-state index contributed by atoms with van der Waals surface area (Å²) in [6.07, 6.45) is 1.08. The third-order valence-corrected chi connectivity index (χ3v) is 3.61. The summed E-state index contributed by atoms with van der Waals surface area (Å²) in [5.41, 5.74) is 2.51. The van der Waals surface area contributed by atoms with Gasteiger partial charge in [0.1, 0.15) is 6.23 Å². The lowest BCUT2D eigenvalue weighted by Gasteiger charge is -2.19. The van der Waals surface area contributed by atoms with Gasteiger partial charge in [0.15, 0.2) is 0 Å². The maximum Gasteiger partial charge on any atom is 0.134 e. The zero-order valence-corrected chi connectivity index (χ0v) is 11.5. The molecule has 3 rings (SSSR count). The number of para-hydroxylation sites is 2. The molecule has 0 unspecified atom stereocenters. The van der Waals surface area contributed by atoms with Gasteiger partial charge in [-0.15, -0.1) is 0 Å². The zero-order chi connectivity index (χ0) is 13.2. The molecule has 0 aliphatic rings. The molecule has 0 aliphatic carbocycles. The molecule has 2 nitrogen and oxygen atoms in total. The molecule has 1 atom stereocenters. The van der Waals surface area contributed by atoms with Crippen LogP contribution in [-0.2, 0) is 4.74 Å². The van der Waals surface area contributed by atoms with Crippen LogP contribution in [0, 0.1) is 0 Å². The Bertz CT molecular complexity index is 645. The van der Waals surface area contributed by atoms with E-state index in [9.17, 15) is 0 Å². The van der Waals surface area contributed by atoms with Gasteiger partial charge in [0.2, 0.25) is 0 Å². The minimum atomic E-state index is 0.106. The van der Waals surface area contributed by atoms with Crippen LogP contribution in [0.15, 0.2) is 48.5 Å². The maximum absolute atomic E-state index is 5.91. The van der Waals surface area contributed by atoms with Crippen molar-refractivity contribution in [2.24, 2.45) is 0 Å². The van der Waals surface area contributed by atoms with Gasteiger partial charge >= 0.3 is 0 Å². The Morgan fingerprint density at radius 1 is 0.895 bits per heavy atom. The van der Waals surface area contributed by atoms with E-state index in [0.29, 0.717) is 0 Å². The van der Waals surface area contributed by atoms with Crippen molar-refractivity contribution in [2.45, 2.75) is 26.5 Å². The summed E-state index contributed by atoms with van der Waals surface area (Å²) in [7, 11) is 0. The van der Waals surface area contributed by atoms with E-state index in [1.54, 1.807) is 0 Å². The first-order valence-corrected chi connectivity index (χ1v) is 6.96. The van der Waals surface area contributed by atoms with Crippen LogP contribution in [0.3, 0.4) is 0 Å². The van der Waals surface area contributed by atoms with E-state index in [1.165, 1.54) is 21.8 Å². The lowest BCUT2D eigenvalue weighted by atomic mass is 10.2. The van der Waals surface area contributed by atoms with E-state index in [0.717, 1.165) is 13.0 Å². The molecule has 3 aromatic rings. The fourth-order valence-corrected chi connectivity index (χ4v) is 2.83. The van der Waals surface area contributed by atoms with Crippen LogP contribution in [0.2, 0.25) is 0 Å². The summed E-state index contributed by atoms with van der Waals surface area (Å²) in [5.74, 6) is 0. The molecule has 0 radical (unpaired) electrons. The Morgan fingerprint density at radius 3 is 1.89 bits per heavy atom. The van der Waals surface area contributed by atoms with Crippen molar-refractivity contribution in [3.05, 3.63) is 48.5 Å². The van der Waals surface area contributed by atoms with Crippen molar-refractivity contribution in [3.8, 4) is 0 Å². The molecule has 0 saturated carbocycles. The smallest absolute Gasteiger partial charge is 0.134 e. The van der Waals surface area contributed by atoms with Gasteiger partial charge in [-0.2, -0.15) is 0 Å². The first-order valence-electron chi connectivity index (χ1n) is 6.96. The second-order valence-corrected chi connectivity index (χ2v) is 4.72. The van der Waals surface area contributed by atoms with E-state index in [-0.39, 0.29) is 6.23 Å². The van der Waals surface area contributed by atoms with Crippen LogP contribution in [0.1, 0.15) is 26.5 Å². The highest BCUT2D eigenvalue weighted by atomic mass is 16.5. The van der Waals surface area contributed by atoms with Crippen molar-refractivity contribution >= 4 is 21.8 Å². The predicted molar refractivity (Wildman–Crippen MR) is 80.4 cm³/mol. The molecule has 2 heteroatoms. The van der Waals surface area contributed by atoms with Gasteiger partial charge in [0.05, 0.1) is 11.0 Å². The van der Waals surface area contributed by atoms with Gasteiger partial charge in [-0.05, 0) is 25.5 Å². The monoisotopic (exact) mass is 253 g/mol. The van der Waals surface area contributed by atoms with Crippen LogP contribution in [0.4, 0.5) is 0 Å². The Kier molecular flexibility index (Phi) is 3.26. The van der Waals surface area contributed by atoms with E-state index in [2.05, 4.69) is 66.9 Å². The van der Waals surface area contributed by atoms with Crippen LogP contribution >= 0.6 is 0 Å². The summed E-state index contributed by atoms with van der Waals surface area (Å²) in [6.45, 7) is 4.96. The average molecular weight is 253 g/mol. The Morgan fingerprint density at radius 2 is 1.42 bits per heavy atom. The molecule has 0 saturated heterocycles. The van der Waals surface area contributed by atoms with Crippen LogP contribution < -0.4 is 0 Å². The molecular weight excluding hydrogens is 234 g/mol. The number of rotatable bonds is 4. The summed E-state index contributed by atoms with van der Waals surface area (Å²) in [4.78, 5) is 0. The lowest BCUT2D eigenvalue weighted by molar-refractivity contribution is 0.0137. The molecule has 2 aromatic carbocycles. The molecule has 1 heterocycles. The van der Waals surface area contributed by atoms with Crippen molar-refractivity contribution in [1.82, 2.24) is 4.57 Å². The van der Waals surface area contributed by atoms with E-state index < -0.39 is 0 Å². The number of hydrogen-bond acceptors (Lipinski definition) is 1. The molecule has 19 heavy (non-hydrogen) atoms. The Hall–Kier alpha value is -1.80. The standard InChI is InChI=1S/C17H19NO/c1-3-17(19-4-2)18-15-11-7-5-9-13(15)14-10-6-8-12-16(14)18/h5-12,17H,3-4H2,1-2H3/t17-/m0/s1. The molecule has 0 bridgehead atoms.